The third kappa shape index (κ3) is 4.73. The molecule has 0 bridgehead atoms. The normalized spacial score (nSPS) is 11.6. The quantitative estimate of drug-likeness (QED) is 0.451. The number of rotatable bonds is 5. The Labute approximate surface area is 149 Å². The van der Waals surface area contributed by atoms with E-state index in [1.165, 1.54) is 23.5 Å². The van der Waals surface area contributed by atoms with Crippen molar-refractivity contribution in [2.75, 3.05) is 5.75 Å². The Bertz CT molecular complexity index is 860. The van der Waals surface area contributed by atoms with Gasteiger partial charge in [-0.15, -0.1) is 23.1 Å². The van der Waals surface area contributed by atoms with E-state index in [9.17, 15) is 18.0 Å². The van der Waals surface area contributed by atoms with Gasteiger partial charge in [0.25, 0.3) is 0 Å². The van der Waals surface area contributed by atoms with Crippen molar-refractivity contribution in [1.82, 2.24) is 4.98 Å². The topological polar surface area (TPSA) is 39.2 Å². The van der Waals surface area contributed by atoms with Crippen molar-refractivity contribution in [3.63, 3.8) is 0 Å². The number of alkyl halides is 3. The number of carbonyl (C=O) groups is 1. The minimum atomic E-state index is -4.40. The van der Waals surface area contributed by atoms with Crippen LogP contribution in [-0.2, 0) is 22.3 Å². The standard InChI is InChI=1S/C17H12F3NO2S2/c18-17(19,20)11-4-3-5-12(8-11)24-10-16(22)23-9-15-21-13-6-1-2-7-14(13)25-15/h1-8H,9-10H2. The molecule has 130 valence electrons. The first-order valence-corrected chi connectivity index (χ1v) is 9.02. The Morgan fingerprint density at radius 1 is 1.16 bits per heavy atom. The molecular formula is C17H12F3NO2S2. The van der Waals surface area contributed by atoms with Crippen molar-refractivity contribution in [1.29, 1.82) is 0 Å². The molecule has 0 saturated heterocycles. The van der Waals surface area contributed by atoms with Crippen molar-refractivity contribution in [2.45, 2.75) is 17.7 Å². The molecule has 0 aliphatic rings. The number of carbonyl (C=O) groups excluding carboxylic acids is 1. The average molecular weight is 383 g/mol. The predicted molar refractivity (Wildman–Crippen MR) is 91.6 cm³/mol. The van der Waals surface area contributed by atoms with Crippen molar-refractivity contribution < 1.29 is 22.7 Å². The summed E-state index contributed by atoms with van der Waals surface area (Å²) in [5, 5.41) is 0.679. The smallest absolute Gasteiger partial charge is 0.416 e. The molecule has 0 fully saturated rings. The van der Waals surface area contributed by atoms with Crippen LogP contribution in [0.1, 0.15) is 10.6 Å². The number of benzene rings is 2. The van der Waals surface area contributed by atoms with Gasteiger partial charge in [-0.2, -0.15) is 13.2 Å². The number of aromatic nitrogens is 1. The molecule has 0 spiro atoms. The lowest BCUT2D eigenvalue weighted by molar-refractivity contribution is -0.141. The zero-order valence-corrected chi connectivity index (χ0v) is 14.4. The predicted octanol–water partition coefficient (Wildman–Crippen LogP) is 5.15. The van der Waals surface area contributed by atoms with Gasteiger partial charge in [-0.1, -0.05) is 18.2 Å². The van der Waals surface area contributed by atoms with Crippen LogP contribution in [0.15, 0.2) is 53.4 Å². The van der Waals surface area contributed by atoms with Crippen LogP contribution in [0.2, 0.25) is 0 Å². The van der Waals surface area contributed by atoms with Crippen LogP contribution in [0.4, 0.5) is 13.2 Å². The third-order valence-corrected chi connectivity index (χ3v) is 5.19. The molecular weight excluding hydrogens is 371 g/mol. The molecule has 0 amide bonds. The van der Waals surface area contributed by atoms with E-state index in [4.69, 9.17) is 4.74 Å². The maximum absolute atomic E-state index is 12.7. The number of thioether (sulfide) groups is 1. The molecule has 0 unspecified atom stereocenters. The minimum absolute atomic E-state index is 0.0569. The average Bonchev–Trinajstić information content (AvgIpc) is 3.00. The van der Waals surface area contributed by atoms with E-state index in [0.717, 1.165) is 34.1 Å². The number of ether oxygens (including phenoxy) is 1. The first kappa shape index (κ1) is 17.8. The summed E-state index contributed by atoms with van der Waals surface area (Å²) in [6.45, 7) is 0.0569. The zero-order valence-electron chi connectivity index (χ0n) is 12.7. The first-order valence-electron chi connectivity index (χ1n) is 7.22. The summed E-state index contributed by atoms with van der Waals surface area (Å²) in [6, 6.07) is 12.5. The largest absolute Gasteiger partial charge is 0.458 e. The van der Waals surface area contributed by atoms with Gasteiger partial charge in [-0.05, 0) is 30.3 Å². The molecule has 3 aromatic rings. The number of halogens is 3. The number of nitrogens with zero attached hydrogens (tertiary/aromatic N) is 1. The lowest BCUT2D eigenvalue weighted by Gasteiger charge is -2.08. The maximum atomic E-state index is 12.7. The molecule has 2 aromatic carbocycles. The molecule has 0 aliphatic carbocycles. The number of hydrogen-bond donors (Lipinski definition) is 0. The Morgan fingerprint density at radius 3 is 2.72 bits per heavy atom. The monoisotopic (exact) mass is 383 g/mol. The number of hydrogen-bond acceptors (Lipinski definition) is 5. The highest BCUT2D eigenvalue weighted by Crippen LogP contribution is 2.32. The van der Waals surface area contributed by atoms with Crippen LogP contribution >= 0.6 is 23.1 Å². The van der Waals surface area contributed by atoms with Crippen molar-refractivity contribution >= 4 is 39.3 Å². The summed E-state index contributed by atoms with van der Waals surface area (Å²) in [5.74, 6) is -0.562. The van der Waals surface area contributed by atoms with Gasteiger partial charge in [-0.3, -0.25) is 4.79 Å². The lowest BCUT2D eigenvalue weighted by Crippen LogP contribution is -2.07. The highest BCUT2D eigenvalue weighted by atomic mass is 32.2. The Balaban J connectivity index is 1.53. The summed E-state index contributed by atoms with van der Waals surface area (Å²) in [4.78, 5) is 16.5. The van der Waals surface area contributed by atoms with Gasteiger partial charge in [0.15, 0.2) is 0 Å². The summed E-state index contributed by atoms with van der Waals surface area (Å²) >= 11 is 2.45. The van der Waals surface area contributed by atoms with Crippen LogP contribution in [0.3, 0.4) is 0 Å². The van der Waals surface area contributed by atoms with E-state index in [2.05, 4.69) is 4.98 Å². The summed E-state index contributed by atoms with van der Waals surface area (Å²) in [5.41, 5.74) is 0.109. The van der Waals surface area contributed by atoms with Crippen LogP contribution in [0.5, 0.6) is 0 Å². The van der Waals surface area contributed by atoms with E-state index in [-0.39, 0.29) is 12.4 Å². The third-order valence-electron chi connectivity index (χ3n) is 3.21. The van der Waals surface area contributed by atoms with Gasteiger partial charge in [-0.25, -0.2) is 4.98 Å². The van der Waals surface area contributed by atoms with Crippen LogP contribution in [0, 0.1) is 0 Å². The second kappa shape index (κ2) is 7.45. The van der Waals surface area contributed by atoms with E-state index in [0.29, 0.717) is 9.90 Å². The van der Waals surface area contributed by atoms with E-state index < -0.39 is 17.7 Å². The maximum Gasteiger partial charge on any atom is 0.416 e. The van der Waals surface area contributed by atoms with E-state index >= 15 is 0 Å². The Hall–Kier alpha value is -2.06. The Kier molecular flexibility index (Phi) is 5.29. The fourth-order valence-corrected chi connectivity index (χ4v) is 3.70. The van der Waals surface area contributed by atoms with Crippen LogP contribution < -0.4 is 0 Å². The number of thiazole rings is 1. The Morgan fingerprint density at radius 2 is 1.96 bits per heavy atom. The van der Waals surface area contributed by atoms with E-state index in [1.54, 1.807) is 0 Å². The number of esters is 1. The van der Waals surface area contributed by atoms with Crippen LogP contribution in [0.25, 0.3) is 10.2 Å². The van der Waals surface area contributed by atoms with Gasteiger partial charge in [0, 0.05) is 4.90 Å². The molecule has 0 saturated carbocycles. The summed E-state index contributed by atoms with van der Waals surface area (Å²) in [6.07, 6.45) is -4.40. The first-order chi connectivity index (χ1) is 11.9. The SMILES string of the molecule is O=C(CSc1cccc(C(F)(F)F)c1)OCc1nc2ccccc2s1. The molecule has 0 radical (unpaired) electrons. The van der Waals surface area contributed by atoms with Gasteiger partial charge in [0.2, 0.25) is 0 Å². The van der Waals surface area contributed by atoms with E-state index in [1.807, 2.05) is 24.3 Å². The highest BCUT2D eigenvalue weighted by Gasteiger charge is 2.30. The molecule has 0 N–H and O–H groups in total. The lowest BCUT2D eigenvalue weighted by atomic mass is 10.2. The van der Waals surface area contributed by atoms with Gasteiger partial charge in [0.05, 0.1) is 21.5 Å². The zero-order chi connectivity index (χ0) is 17.9. The van der Waals surface area contributed by atoms with Gasteiger partial charge in [0.1, 0.15) is 11.6 Å². The molecule has 1 aromatic heterocycles. The second-order valence-electron chi connectivity index (χ2n) is 5.05. The van der Waals surface area contributed by atoms with Gasteiger partial charge >= 0.3 is 12.1 Å². The fourth-order valence-electron chi connectivity index (χ4n) is 2.07. The minimum Gasteiger partial charge on any atom is -0.458 e. The molecule has 0 aliphatic heterocycles. The van der Waals surface area contributed by atoms with Crippen molar-refractivity contribution in [3.8, 4) is 0 Å². The van der Waals surface area contributed by atoms with Crippen LogP contribution in [-0.4, -0.2) is 16.7 Å². The number of para-hydroxylation sites is 1. The molecule has 0 atom stereocenters. The molecule has 25 heavy (non-hydrogen) atoms. The number of fused-ring (bicyclic) bond motifs is 1. The summed E-state index contributed by atoms with van der Waals surface area (Å²) in [7, 11) is 0. The molecule has 8 heteroatoms. The fraction of sp³-hybridized carbons (Fsp3) is 0.176. The second-order valence-corrected chi connectivity index (χ2v) is 7.21. The van der Waals surface area contributed by atoms with Gasteiger partial charge < -0.3 is 4.74 Å². The molecule has 3 nitrogen and oxygen atoms in total. The molecule has 3 rings (SSSR count). The van der Waals surface area contributed by atoms with Crippen molar-refractivity contribution in [3.05, 3.63) is 59.1 Å². The molecule has 1 heterocycles. The highest BCUT2D eigenvalue weighted by molar-refractivity contribution is 8.00. The summed E-state index contributed by atoms with van der Waals surface area (Å²) < 4.78 is 44.1. The van der Waals surface area contributed by atoms with Crippen molar-refractivity contribution in [2.24, 2.45) is 0 Å².